The number of halogens is 3. The van der Waals surface area contributed by atoms with Crippen molar-refractivity contribution >= 4 is 62.1 Å². The smallest absolute Gasteiger partial charge is 0.263 e. The number of carbonyl (C=O) groups excluding carboxylic acids is 1. The highest BCUT2D eigenvalue weighted by Gasteiger charge is 2.21. The maximum atomic E-state index is 12.9. The predicted molar refractivity (Wildman–Crippen MR) is 123 cm³/mol. The number of nitrogens with one attached hydrogen (secondary N) is 2. The molecule has 9 heteroatoms. The van der Waals surface area contributed by atoms with Crippen molar-refractivity contribution in [3.05, 3.63) is 86.4 Å². The first-order chi connectivity index (χ1) is 14.1. The molecular weight excluding hydrogens is 467 g/mol. The van der Waals surface area contributed by atoms with Crippen LogP contribution in [0, 0.1) is 13.8 Å². The molecule has 1 amide bonds. The van der Waals surface area contributed by atoms with Crippen molar-refractivity contribution in [1.29, 1.82) is 0 Å². The van der Waals surface area contributed by atoms with Crippen molar-refractivity contribution in [3.63, 3.8) is 0 Å². The molecule has 0 saturated carbocycles. The third kappa shape index (κ3) is 5.08. The quantitative estimate of drug-likeness (QED) is 0.446. The van der Waals surface area contributed by atoms with E-state index in [1.807, 2.05) is 0 Å². The summed E-state index contributed by atoms with van der Waals surface area (Å²) in [7, 11) is -4.04. The number of benzene rings is 3. The number of hydrogen-bond donors (Lipinski definition) is 2. The number of anilines is 2. The van der Waals surface area contributed by atoms with E-state index >= 15 is 0 Å². The topological polar surface area (TPSA) is 75.3 Å². The first kappa shape index (κ1) is 22.4. The molecule has 0 bridgehead atoms. The molecule has 3 rings (SSSR count). The minimum atomic E-state index is -4.04. The minimum Gasteiger partial charge on any atom is -0.322 e. The number of rotatable bonds is 5. The molecule has 0 aromatic heterocycles. The summed E-state index contributed by atoms with van der Waals surface area (Å²) in [5.74, 6) is -0.476. The standard InChI is InChI=1S/C21H17Cl3N2O3S/c1-12-9-15(22)4-7-18(12)25-21(27)14-3-6-17(24)20(11-14)30(28,29)26-19-8-5-16(23)10-13(19)2/h3-11,26H,1-2H3,(H,25,27). The Bertz CT molecular complexity index is 1240. The van der Waals surface area contributed by atoms with Crippen LogP contribution in [-0.2, 0) is 10.0 Å². The van der Waals surface area contributed by atoms with Crippen LogP contribution in [0.4, 0.5) is 11.4 Å². The van der Waals surface area contributed by atoms with Crippen molar-refractivity contribution in [1.82, 2.24) is 0 Å². The van der Waals surface area contributed by atoms with E-state index in [1.54, 1.807) is 50.2 Å². The number of aryl methyl sites for hydroxylation is 2. The minimum absolute atomic E-state index is 0.00617. The molecule has 0 aliphatic rings. The molecule has 0 radical (unpaired) electrons. The largest absolute Gasteiger partial charge is 0.322 e. The highest BCUT2D eigenvalue weighted by Crippen LogP contribution is 2.28. The molecule has 0 fully saturated rings. The summed E-state index contributed by atoms with van der Waals surface area (Å²) in [4.78, 5) is 12.5. The molecule has 0 aliphatic heterocycles. The fourth-order valence-electron chi connectivity index (χ4n) is 2.75. The lowest BCUT2D eigenvalue weighted by atomic mass is 10.1. The maximum Gasteiger partial charge on any atom is 0.263 e. The molecule has 0 saturated heterocycles. The van der Waals surface area contributed by atoms with Crippen LogP contribution < -0.4 is 10.0 Å². The van der Waals surface area contributed by atoms with E-state index in [2.05, 4.69) is 10.0 Å². The Balaban J connectivity index is 1.91. The summed E-state index contributed by atoms with van der Waals surface area (Å²) in [5.41, 5.74) is 2.49. The van der Waals surface area contributed by atoms with E-state index in [9.17, 15) is 13.2 Å². The van der Waals surface area contributed by atoms with Crippen LogP contribution in [0.3, 0.4) is 0 Å². The highest BCUT2D eigenvalue weighted by molar-refractivity contribution is 7.92. The van der Waals surface area contributed by atoms with Gasteiger partial charge in [-0.2, -0.15) is 0 Å². The Labute approximate surface area is 190 Å². The highest BCUT2D eigenvalue weighted by atomic mass is 35.5. The van der Waals surface area contributed by atoms with E-state index in [0.29, 0.717) is 27.0 Å². The van der Waals surface area contributed by atoms with Crippen LogP contribution >= 0.6 is 34.8 Å². The van der Waals surface area contributed by atoms with E-state index in [4.69, 9.17) is 34.8 Å². The van der Waals surface area contributed by atoms with Crippen molar-refractivity contribution in [3.8, 4) is 0 Å². The van der Waals surface area contributed by atoms with Crippen LogP contribution in [0.5, 0.6) is 0 Å². The maximum absolute atomic E-state index is 12.9. The SMILES string of the molecule is Cc1cc(Cl)ccc1NC(=O)c1ccc(Cl)c(S(=O)(=O)Nc2ccc(Cl)cc2C)c1. The number of amides is 1. The fraction of sp³-hybridized carbons (Fsp3) is 0.0952. The van der Waals surface area contributed by atoms with Gasteiger partial charge in [-0.1, -0.05) is 34.8 Å². The molecule has 0 aliphatic carbocycles. The number of carbonyl (C=O) groups is 1. The van der Waals surface area contributed by atoms with Crippen LogP contribution in [0.1, 0.15) is 21.5 Å². The third-order valence-electron chi connectivity index (χ3n) is 4.35. The van der Waals surface area contributed by atoms with Gasteiger partial charge in [0.15, 0.2) is 0 Å². The second-order valence-corrected chi connectivity index (χ2v) is 9.55. The Morgan fingerprint density at radius 2 is 1.37 bits per heavy atom. The summed E-state index contributed by atoms with van der Waals surface area (Å²) in [6.07, 6.45) is 0. The molecule has 0 spiro atoms. The molecule has 30 heavy (non-hydrogen) atoms. The third-order valence-corrected chi connectivity index (χ3v) is 6.67. The van der Waals surface area contributed by atoms with E-state index in [-0.39, 0.29) is 15.5 Å². The Morgan fingerprint density at radius 1 is 0.800 bits per heavy atom. The molecule has 0 heterocycles. The lowest BCUT2D eigenvalue weighted by Gasteiger charge is -2.13. The Hall–Kier alpha value is -2.25. The molecule has 3 aromatic rings. The summed E-state index contributed by atoms with van der Waals surface area (Å²) in [6.45, 7) is 3.53. The summed E-state index contributed by atoms with van der Waals surface area (Å²) in [5, 5.41) is 3.78. The molecular formula is C21H17Cl3N2O3S. The first-order valence-corrected chi connectivity index (χ1v) is 11.3. The molecule has 0 unspecified atom stereocenters. The van der Waals surface area contributed by atoms with Crippen molar-refractivity contribution in [2.75, 3.05) is 10.0 Å². The average Bonchev–Trinajstić information content (AvgIpc) is 2.66. The molecule has 156 valence electrons. The average molecular weight is 484 g/mol. The van der Waals surface area contributed by atoms with Gasteiger partial charge in [0.2, 0.25) is 0 Å². The van der Waals surface area contributed by atoms with Gasteiger partial charge in [0.1, 0.15) is 4.90 Å². The van der Waals surface area contributed by atoms with E-state index < -0.39 is 15.9 Å². The zero-order valence-electron chi connectivity index (χ0n) is 16.0. The molecule has 3 aromatic carbocycles. The number of sulfonamides is 1. The van der Waals surface area contributed by atoms with Gasteiger partial charge in [-0.25, -0.2) is 8.42 Å². The van der Waals surface area contributed by atoms with Crippen LogP contribution in [-0.4, -0.2) is 14.3 Å². The summed E-state index contributed by atoms with van der Waals surface area (Å²) < 4.78 is 28.3. The zero-order valence-corrected chi connectivity index (χ0v) is 19.0. The van der Waals surface area contributed by atoms with Gasteiger partial charge < -0.3 is 5.32 Å². The van der Waals surface area contributed by atoms with Crippen molar-refractivity contribution in [2.24, 2.45) is 0 Å². The van der Waals surface area contributed by atoms with Gasteiger partial charge in [0, 0.05) is 21.3 Å². The first-order valence-electron chi connectivity index (χ1n) is 8.73. The Morgan fingerprint density at radius 3 is 1.93 bits per heavy atom. The second-order valence-electron chi connectivity index (χ2n) is 6.62. The second kappa shape index (κ2) is 8.86. The molecule has 0 atom stereocenters. The lowest BCUT2D eigenvalue weighted by Crippen LogP contribution is -2.17. The van der Waals surface area contributed by atoms with Crippen LogP contribution in [0.15, 0.2) is 59.5 Å². The predicted octanol–water partition coefficient (Wildman–Crippen LogP) is 6.32. The van der Waals surface area contributed by atoms with Gasteiger partial charge in [0.05, 0.1) is 10.7 Å². The normalized spacial score (nSPS) is 11.2. The lowest BCUT2D eigenvalue weighted by molar-refractivity contribution is 0.102. The van der Waals surface area contributed by atoms with Gasteiger partial charge >= 0.3 is 0 Å². The monoisotopic (exact) mass is 482 g/mol. The van der Waals surface area contributed by atoms with Gasteiger partial charge in [0.25, 0.3) is 15.9 Å². The summed E-state index contributed by atoms with van der Waals surface area (Å²) >= 11 is 18.0. The van der Waals surface area contributed by atoms with Crippen molar-refractivity contribution in [2.45, 2.75) is 18.7 Å². The van der Waals surface area contributed by atoms with Gasteiger partial charge in [-0.15, -0.1) is 0 Å². The molecule has 5 nitrogen and oxygen atoms in total. The van der Waals surface area contributed by atoms with Gasteiger partial charge in [-0.05, 0) is 79.6 Å². The fourth-order valence-corrected chi connectivity index (χ4v) is 4.86. The van der Waals surface area contributed by atoms with Crippen LogP contribution in [0.2, 0.25) is 15.1 Å². The van der Waals surface area contributed by atoms with E-state index in [0.717, 1.165) is 5.56 Å². The Kier molecular flexibility index (Phi) is 6.62. The van der Waals surface area contributed by atoms with Gasteiger partial charge in [-0.3, -0.25) is 9.52 Å². The van der Waals surface area contributed by atoms with E-state index in [1.165, 1.54) is 18.2 Å². The van der Waals surface area contributed by atoms with Crippen molar-refractivity contribution < 1.29 is 13.2 Å². The zero-order chi connectivity index (χ0) is 22.1. The molecule has 2 N–H and O–H groups in total. The van der Waals surface area contributed by atoms with Crippen LogP contribution in [0.25, 0.3) is 0 Å². The summed E-state index contributed by atoms with van der Waals surface area (Å²) in [6, 6.07) is 13.9. The number of hydrogen-bond acceptors (Lipinski definition) is 3.